The molecule has 0 aliphatic carbocycles. The molecule has 2 rings (SSSR count). The summed E-state index contributed by atoms with van der Waals surface area (Å²) in [5, 5.41) is 19.5. The molecule has 0 aromatic carbocycles. The van der Waals surface area contributed by atoms with Gasteiger partial charge in [-0.15, -0.1) is 11.3 Å². The summed E-state index contributed by atoms with van der Waals surface area (Å²) in [5.74, 6) is -0.788. The van der Waals surface area contributed by atoms with Gasteiger partial charge in [0.2, 0.25) is 0 Å². The van der Waals surface area contributed by atoms with Crippen LogP contribution in [0.1, 0.15) is 34.0 Å². The third-order valence-corrected chi connectivity index (χ3v) is 3.43. The second kappa shape index (κ2) is 6.11. The standard InChI is InChI=1S/C12H12N4O3S/c1-7(11-13-6-14-16-11)15-12(19)10-8(4-5-20-10)2-3-9(17)18/h2-7H,1H3,(H,15,19)(H,17,18)(H,13,14,16)/b3-2+. The number of carbonyl (C=O) groups excluding carboxylic acids is 1. The third kappa shape index (κ3) is 3.29. The molecular weight excluding hydrogens is 280 g/mol. The Kier molecular flexibility index (Phi) is 4.26. The number of carboxylic acids is 1. The van der Waals surface area contributed by atoms with E-state index in [1.165, 1.54) is 23.7 Å². The average molecular weight is 292 g/mol. The number of nitrogens with zero attached hydrogens (tertiary/aromatic N) is 2. The van der Waals surface area contributed by atoms with E-state index in [1.807, 2.05) is 0 Å². The van der Waals surface area contributed by atoms with E-state index in [-0.39, 0.29) is 11.9 Å². The van der Waals surface area contributed by atoms with Gasteiger partial charge in [-0.3, -0.25) is 9.89 Å². The lowest BCUT2D eigenvalue weighted by molar-refractivity contribution is -0.131. The molecule has 2 aromatic heterocycles. The number of H-pyrrole nitrogens is 1. The molecule has 2 aromatic rings. The average Bonchev–Trinajstić information content (AvgIpc) is 3.07. The SMILES string of the molecule is CC(NC(=O)c1sccc1/C=C/C(=O)O)c1ncn[nH]1. The molecule has 0 aliphatic rings. The molecule has 104 valence electrons. The monoisotopic (exact) mass is 292 g/mol. The van der Waals surface area contributed by atoms with Crippen LogP contribution in [-0.4, -0.2) is 32.2 Å². The number of nitrogens with one attached hydrogen (secondary N) is 2. The van der Waals surface area contributed by atoms with Gasteiger partial charge in [0.15, 0.2) is 0 Å². The first kappa shape index (κ1) is 13.9. The number of aliphatic carboxylic acids is 1. The molecule has 0 aliphatic heterocycles. The smallest absolute Gasteiger partial charge is 0.328 e. The van der Waals surface area contributed by atoms with Crippen LogP contribution in [0.4, 0.5) is 0 Å². The van der Waals surface area contributed by atoms with Crippen LogP contribution in [0.5, 0.6) is 0 Å². The number of rotatable bonds is 5. The van der Waals surface area contributed by atoms with Crippen LogP contribution in [0.15, 0.2) is 23.8 Å². The van der Waals surface area contributed by atoms with E-state index < -0.39 is 5.97 Å². The maximum Gasteiger partial charge on any atom is 0.328 e. The van der Waals surface area contributed by atoms with Crippen molar-refractivity contribution in [3.63, 3.8) is 0 Å². The Bertz CT molecular complexity index is 633. The summed E-state index contributed by atoms with van der Waals surface area (Å²) in [5.41, 5.74) is 0.569. The first-order valence-electron chi connectivity index (χ1n) is 5.72. The minimum Gasteiger partial charge on any atom is -0.478 e. The molecule has 2 heterocycles. The van der Waals surface area contributed by atoms with E-state index in [4.69, 9.17) is 5.11 Å². The lowest BCUT2D eigenvalue weighted by Gasteiger charge is -2.10. The van der Waals surface area contributed by atoms with Crippen molar-refractivity contribution in [2.45, 2.75) is 13.0 Å². The van der Waals surface area contributed by atoms with Crippen molar-refractivity contribution in [2.75, 3.05) is 0 Å². The highest BCUT2D eigenvalue weighted by Gasteiger charge is 2.16. The number of amides is 1. The topological polar surface area (TPSA) is 108 Å². The molecule has 7 nitrogen and oxygen atoms in total. The predicted octanol–water partition coefficient (Wildman–Crippen LogP) is 1.45. The van der Waals surface area contributed by atoms with Gasteiger partial charge in [0.25, 0.3) is 5.91 Å². The number of thiophene rings is 1. The predicted molar refractivity (Wildman–Crippen MR) is 73.3 cm³/mol. The zero-order valence-electron chi connectivity index (χ0n) is 10.5. The van der Waals surface area contributed by atoms with E-state index in [1.54, 1.807) is 18.4 Å². The van der Waals surface area contributed by atoms with Crippen molar-refractivity contribution in [3.05, 3.63) is 40.1 Å². The van der Waals surface area contributed by atoms with E-state index in [9.17, 15) is 9.59 Å². The van der Waals surface area contributed by atoms with Crippen LogP contribution in [-0.2, 0) is 4.79 Å². The van der Waals surface area contributed by atoms with Gasteiger partial charge >= 0.3 is 5.97 Å². The Labute approximate surface area is 118 Å². The summed E-state index contributed by atoms with van der Waals surface area (Å²) >= 11 is 1.25. The quantitative estimate of drug-likeness (QED) is 0.723. The fourth-order valence-corrected chi connectivity index (χ4v) is 2.34. The Morgan fingerprint density at radius 3 is 3.00 bits per heavy atom. The van der Waals surface area contributed by atoms with Crippen molar-refractivity contribution < 1.29 is 14.7 Å². The van der Waals surface area contributed by atoms with Crippen molar-refractivity contribution in [1.29, 1.82) is 0 Å². The van der Waals surface area contributed by atoms with Crippen LogP contribution in [0.25, 0.3) is 6.08 Å². The third-order valence-electron chi connectivity index (χ3n) is 2.50. The molecule has 0 saturated carbocycles. The van der Waals surface area contributed by atoms with Gasteiger partial charge in [0.1, 0.15) is 12.2 Å². The summed E-state index contributed by atoms with van der Waals surface area (Å²) in [6.45, 7) is 1.78. The number of aromatic amines is 1. The first-order chi connectivity index (χ1) is 9.58. The molecule has 8 heteroatoms. The maximum absolute atomic E-state index is 12.1. The fourth-order valence-electron chi connectivity index (χ4n) is 1.55. The number of hydrogen-bond donors (Lipinski definition) is 3. The zero-order chi connectivity index (χ0) is 14.5. The molecular formula is C12H12N4O3S. The molecule has 1 atom stereocenters. The lowest BCUT2D eigenvalue weighted by atomic mass is 10.2. The highest BCUT2D eigenvalue weighted by atomic mass is 32.1. The van der Waals surface area contributed by atoms with Crippen molar-refractivity contribution in [1.82, 2.24) is 20.5 Å². The van der Waals surface area contributed by atoms with Gasteiger partial charge in [-0.25, -0.2) is 9.78 Å². The Hall–Kier alpha value is -2.48. The highest BCUT2D eigenvalue weighted by Crippen LogP contribution is 2.19. The normalized spacial score (nSPS) is 12.4. The minimum absolute atomic E-state index is 0.283. The highest BCUT2D eigenvalue weighted by molar-refractivity contribution is 7.12. The largest absolute Gasteiger partial charge is 0.478 e. The molecule has 0 bridgehead atoms. The maximum atomic E-state index is 12.1. The summed E-state index contributed by atoms with van der Waals surface area (Å²) in [6, 6.07) is 1.38. The van der Waals surface area contributed by atoms with Gasteiger partial charge in [-0.05, 0) is 30.0 Å². The van der Waals surface area contributed by atoms with E-state index in [0.717, 1.165) is 6.08 Å². The number of carboxylic acid groups (broad SMARTS) is 1. The number of aromatic nitrogens is 3. The van der Waals surface area contributed by atoms with Gasteiger partial charge < -0.3 is 10.4 Å². The molecule has 0 saturated heterocycles. The van der Waals surface area contributed by atoms with E-state index in [0.29, 0.717) is 16.3 Å². The Balaban J connectivity index is 2.10. The van der Waals surface area contributed by atoms with Crippen molar-refractivity contribution in [2.24, 2.45) is 0 Å². The number of carbonyl (C=O) groups is 2. The van der Waals surface area contributed by atoms with E-state index >= 15 is 0 Å². The Morgan fingerprint density at radius 1 is 1.55 bits per heavy atom. The van der Waals surface area contributed by atoms with Crippen molar-refractivity contribution in [3.8, 4) is 0 Å². The molecule has 1 unspecified atom stereocenters. The van der Waals surface area contributed by atoms with Crippen molar-refractivity contribution >= 4 is 29.3 Å². The van der Waals surface area contributed by atoms with Gasteiger partial charge in [-0.2, -0.15) is 5.10 Å². The number of hydrogen-bond acceptors (Lipinski definition) is 5. The van der Waals surface area contributed by atoms with Gasteiger partial charge in [-0.1, -0.05) is 0 Å². The molecule has 20 heavy (non-hydrogen) atoms. The second-order valence-corrected chi connectivity index (χ2v) is 4.86. The van der Waals surface area contributed by atoms with Crippen LogP contribution in [0, 0.1) is 0 Å². The molecule has 1 amide bonds. The van der Waals surface area contributed by atoms with Crippen LogP contribution >= 0.6 is 11.3 Å². The molecule has 0 spiro atoms. The van der Waals surface area contributed by atoms with Crippen LogP contribution in [0.2, 0.25) is 0 Å². The minimum atomic E-state index is -1.06. The molecule has 3 N–H and O–H groups in total. The molecule has 0 radical (unpaired) electrons. The fraction of sp³-hybridized carbons (Fsp3) is 0.167. The second-order valence-electron chi connectivity index (χ2n) is 3.94. The lowest BCUT2D eigenvalue weighted by Crippen LogP contribution is -2.27. The van der Waals surface area contributed by atoms with Crippen LogP contribution in [0.3, 0.4) is 0 Å². The summed E-state index contributed by atoms with van der Waals surface area (Å²) in [6.07, 6.45) is 3.76. The van der Waals surface area contributed by atoms with Gasteiger partial charge in [0, 0.05) is 6.08 Å². The zero-order valence-corrected chi connectivity index (χ0v) is 11.3. The summed E-state index contributed by atoms with van der Waals surface area (Å²) in [7, 11) is 0. The van der Waals surface area contributed by atoms with Crippen LogP contribution < -0.4 is 5.32 Å². The van der Waals surface area contributed by atoms with E-state index in [2.05, 4.69) is 20.5 Å². The first-order valence-corrected chi connectivity index (χ1v) is 6.60. The summed E-state index contributed by atoms with van der Waals surface area (Å²) < 4.78 is 0. The Morgan fingerprint density at radius 2 is 2.35 bits per heavy atom. The van der Waals surface area contributed by atoms with Gasteiger partial charge in [0.05, 0.1) is 10.9 Å². The summed E-state index contributed by atoms with van der Waals surface area (Å²) in [4.78, 5) is 27.1. The molecule has 0 fully saturated rings.